The molecule has 1 heterocycles. The van der Waals surface area contributed by atoms with Crippen LogP contribution in [0.3, 0.4) is 0 Å². The van der Waals surface area contributed by atoms with Crippen molar-refractivity contribution in [2.75, 3.05) is 0 Å². The van der Waals surface area contributed by atoms with Gasteiger partial charge in [-0.15, -0.1) is 11.3 Å². The van der Waals surface area contributed by atoms with Crippen LogP contribution in [0.4, 0.5) is 0 Å². The molecule has 0 aliphatic carbocycles. The highest BCUT2D eigenvalue weighted by Crippen LogP contribution is 2.27. The molecule has 1 atom stereocenters. The van der Waals surface area contributed by atoms with E-state index >= 15 is 0 Å². The second-order valence-corrected chi connectivity index (χ2v) is 8.08. The van der Waals surface area contributed by atoms with Crippen molar-refractivity contribution in [3.63, 3.8) is 0 Å². The fourth-order valence-electron chi connectivity index (χ4n) is 1.96. The van der Waals surface area contributed by atoms with Gasteiger partial charge in [0.25, 0.3) is 0 Å². The molecule has 0 spiro atoms. The van der Waals surface area contributed by atoms with Gasteiger partial charge in [0.05, 0.1) is 10.9 Å². The molecule has 0 amide bonds. The van der Waals surface area contributed by atoms with E-state index < -0.39 is 10.0 Å². The molecular formula is C14H17BrN2O2S2. The summed E-state index contributed by atoms with van der Waals surface area (Å²) in [5.41, 5.74) is 6.37. The van der Waals surface area contributed by atoms with Crippen molar-refractivity contribution in [2.24, 2.45) is 5.73 Å². The van der Waals surface area contributed by atoms with Crippen molar-refractivity contribution in [3.8, 4) is 0 Å². The van der Waals surface area contributed by atoms with Gasteiger partial charge in [0.15, 0.2) is 0 Å². The number of sulfonamides is 1. The summed E-state index contributed by atoms with van der Waals surface area (Å²) in [6.45, 7) is 2.26. The molecule has 0 radical (unpaired) electrons. The molecule has 2 aromatic rings. The zero-order valence-electron chi connectivity index (χ0n) is 11.5. The van der Waals surface area contributed by atoms with Gasteiger partial charge in [-0.25, -0.2) is 13.1 Å². The molecule has 3 N–H and O–H groups in total. The second-order valence-electron chi connectivity index (χ2n) is 4.57. The third kappa shape index (κ3) is 3.92. The topological polar surface area (TPSA) is 72.2 Å². The first-order valence-corrected chi connectivity index (χ1v) is 9.67. The van der Waals surface area contributed by atoms with Crippen molar-refractivity contribution >= 4 is 37.3 Å². The Labute approximate surface area is 137 Å². The van der Waals surface area contributed by atoms with Crippen LogP contribution >= 0.6 is 27.3 Å². The van der Waals surface area contributed by atoms with Crippen molar-refractivity contribution in [1.29, 1.82) is 0 Å². The number of rotatable bonds is 6. The maximum absolute atomic E-state index is 12.6. The summed E-state index contributed by atoms with van der Waals surface area (Å²) in [4.78, 5) is 1.23. The van der Waals surface area contributed by atoms with Crippen LogP contribution in [0, 0.1) is 0 Å². The predicted octanol–water partition coefficient (Wildman–Crippen LogP) is 3.40. The van der Waals surface area contributed by atoms with Crippen molar-refractivity contribution in [3.05, 3.63) is 50.6 Å². The van der Waals surface area contributed by atoms with E-state index in [9.17, 15) is 8.42 Å². The van der Waals surface area contributed by atoms with Crippen LogP contribution in [0.15, 0.2) is 45.1 Å². The summed E-state index contributed by atoms with van der Waals surface area (Å²) in [6, 6.07) is 8.76. The van der Waals surface area contributed by atoms with E-state index in [1.165, 1.54) is 0 Å². The Balaban J connectivity index is 2.34. The van der Waals surface area contributed by atoms with Crippen LogP contribution < -0.4 is 10.5 Å². The highest BCUT2D eigenvalue weighted by Gasteiger charge is 2.23. The molecular weight excluding hydrogens is 372 g/mol. The quantitative estimate of drug-likeness (QED) is 0.796. The molecule has 114 valence electrons. The van der Waals surface area contributed by atoms with Crippen LogP contribution in [0.5, 0.6) is 0 Å². The average Bonchev–Trinajstić information content (AvgIpc) is 2.99. The number of benzene rings is 1. The Bertz CT molecular complexity index is 700. The molecule has 0 saturated heterocycles. The molecule has 0 aliphatic rings. The van der Waals surface area contributed by atoms with Gasteiger partial charge in [0.2, 0.25) is 10.0 Å². The fourth-order valence-corrected chi connectivity index (χ4v) is 5.21. The number of nitrogens with two attached hydrogens (primary N) is 1. The van der Waals surface area contributed by atoms with E-state index in [0.717, 1.165) is 10.4 Å². The minimum atomic E-state index is -3.61. The molecule has 1 aromatic heterocycles. The summed E-state index contributed by atoms with van der Waals surface area (Å²) in [5, 5.41) is 1.94. The van der Waals surface area contributed by atoms with Crippen LogP contribution in [0.2, 0.25) is 0 Å². The van der Waals surface area contributed by atoms with E-state index in [2.05, 4.69) is 20.7 Å². The Morgan fingerprint density at radius 3 is 2.71 bits per heavy atom. The summed E-state index contributed by atoms with van der Waals surface area (Å²) < 4.78 is 28.5. The molecule has 21 heavy (non-hydrogen) atoms. The van der Waals surface area contributed by atoms with Crippen LogP contribution in [0.1, 0.15) is 29.8 Å². The summed E-state index contributed by atoms with van der Waals surface area (Å²) in [6.07, 6.45) is 0.688. The van der Waals surface area contributed by atoms with Crippen molar-refractivity contribution in [2.45, 2.75) is 30.8 Å². The Morgan fingerprint density at radius 2 is 2.14 bits per heavy atom. The van der Waals surface area contributed by atoms with Crippen LogP contribution in [0.25, 0.3) is 0 Å². The van der Waals surface area contributed by atoms with Gasteiger partial charge in [-0.2, -0.15) is 0 Å². The SMILES string of the molecule is CCC(NS(=O)(=O)c1cc(CN)ccc1Br)c1cccs1. The highest BCUT2D eigenvalue weighted by atomic mass is 79.9. The predicted molar refractivity (Wildman–Crippen MR) is 89.7 cm³/mol. The Hall–Kier alpha value is -0.730. The number of nitrogens with one attached hydrogen (secondary N) is 1. The lowest BCUT2D eigenvalue weighted by atomic mass is 10.2. The molecule has 0 fully saturated rings. The number of hydrogen-bond donors (Lipinski definition) is 2. The minimum Gasteiger partial charge on any atom is -0.326 e. The number of hydrogen-bond acceptors (Lipinski definition) is 4. The minimum absolute atomic E-state index is 0.219. The van der Waals surface area contributed by atoms with Gasteiger partial charge in [-0.05, 0) is 51.5 Å². The van der Waals surface area contributed by atoms with Gasteiger partial charge in [-0.3, -0.25) is 0 Å². The van der Waals surface area contributed by atoms with Crippen LogP contribution in [-0.2, 0) is 16.6 Å². The first-order valence-electron chi connectivity index (χ1n) is 6.52. The average molecular weight is 389 g/mol. The van der Waals surface area contributed by atoms with Gasteiger partial charge in [0.1, 0.15) is 0 Å². The zero-order valence-corrected chi connectivity index (χ0v) is 14.8. The lowest BCUT2D eigenvalue weighted by Gasteiger charge is -2.17. The third-order valence-corrected chi connectivity index (χ3v) is 6.56. The summed E-state index contributed by atoms with van der Waals surface area (Å²) in [7, 11) is -3.61. The molecule has 4 nitrogen and oxygen atoms in total. The lowest BCUT2D eigenvalue weighted by Crippen LogP contribution is -2.28. The van der Waals surface area contributed by atoms with Crippen molar-refractivity contribution < 1.29 is 8.42 Å². The van der Waals surface area contributed by atoms with E-state index in [1.54, 1.807) is 29.5 Å². The molecule has 0 bridgehead atoms. The Kier molecular flexibility index (Phi) is 5.56. The van der Waals surface area contributed by atoms with Crippen LogP contribution in [-0.4, -0.2) is 8.42 Å². The van der Waals surface area contributed by atoms with Gasteiger partial charge >= 0.3 is 0 Å². The monoisotopic (exact) mass is 388 g/mol. The van der Waals surface area contributed by atoms with E-state index in [1.807, 2.05) is 24.4 Å². The zero-order chi connectivity index (χ0) is 15.5. The standard InChI is InChI=1S/C14H17BrN2O2S2/c1-2-12(13-4-3-7-20-13)17-21(18,19)14-8-10(9-16)5-6-11(14)15/h3-8,12,17H,2,9,16H2,1H3. The maximum Gasteiger partial charge on any atom is 0.242 e. The number of halogens is 1. The van der Waals surface area contributed by atoms with Gasteiger partial charge < -0.3 is 5.73 Å². The first-order chi connectivity index (χ1) is 9.97. The van der Waals surface area contributed by atoms with Gasteiger partial charge in [-0.1, -0.05) is 19.1 Å². The number of thiophene rings is 1. The molecule has 2 rings (SSSR count). The summed E-state index contributed by atoms with van der Waals surface area (Å²) in [5.74, 6) is 0. The fraction of sp³-hybridized carbons (Fsp3) is 0.286. The first kappa shape index (κ1) is 16.6. The smallest absolute Gasteiger partial charge is 0.242 e. The molecule has 1 aromatic carbocycles. The van der Waals surface area contributed by atoms with Crippen molar-refractivity contribution in [1.82, 2.24) is 4.72 Å². The molecule has 7 heteroatoms. The van der Waals surface area contributed by atoms with E-state index in [4.69, 9.17) is 5.73 Å². The molecule has 0 aliphatic heterocycles. The maximum atomic E-state index is 12.6. The third-order valence-electron chi connectivity index (χ3n) is 3.11. The summed E-state index contributed by atoms with van der Waals surface area (Å²) >= 11 is 4.84. The normalized spacial score (nSPS) is 13.3. The second kappa shape index (κ2) is 7.02. The van der Waals surface area contributed by atoms with Gasteiger partial charge in [0, 0.05) is 15.9 Å². The lowest BCUT2D eigenvalue weighted by molar-refractivity contribution is 0.552. The highest BCUT2D eigenvalue weighted by molar-refractivity contribution is 9.10. The molecule has 0 saturated carbocycles. The largest absolute Gasteiger partial charge is 0.326 e. The Morgan fingerprint density at radius 1 is 1.38 bits per heavy atom. The molecule has 1 unspecified atom stereocenters. The van der Waals surface area contributed by atoms with E-state index in [-0.39, 0.29) is 10.9 Å². The van der Waals surface area contributed by atoms with E-state index in [0.29, 0.717) is 17.4 Å².